The van der Waals surface area contributed by atoms with E-state index in [4.69, 9.17) is 28.0 Å². The first kappa shape index (κ1) is 12.9. The summed E-state index contributed by atoms with van der Waals surface area (Å²) < 4.78 is 0. The van der Waals surface area contributed by atoms with Crippen LogP contribution in [0.15, 0.2) is 53.7 Å². The molecule has 0 aromatic heterocycles. The zero-order chi connectivity index (χ0) is 12.8. The third kappa shape index (κ3) is 3.49. The van der Waals surface area contributed by atoms with Crippen molar-refractivity contribution >= 4 is 29.4 Å². The van der Waals surface area contributed by atoms with E-state index in [-0.39, 0.29) is 0 Å². The lowest BCUT2D eigenvalue weighted by Crippen LogP contribution is -1.89. The Kier molecular flexibility index (Phi) is 4.62. The highest BCUT2D eigenvalue weighted by Gasteiger charge is 1.99. The van der Waals surface area contributed by atoms with Gasteiger partial charge in [-0.15, -0.1) is 0 Å². The molecule has 0 bridgehead atoms. The number of halogens is 2. The molecule has 0 atom stereocenters. The summed E-state index contributed by atoms with van der Waals surface area (Å²) in [5.74, 6) is 0. The van der Waals surface area contributed by atoms with E-state index in [1.165, 1.54) is 0 Å². The van der Waals surface area contributed by atoms with E-state index in [0.717, 1.165) is 5.56 Å². The first-order chi connectivity index (χ1) is 8.77. The SMILES string of the molecule is Clc1ccccc1/[C]=N\OCc1ccccc1Cl. The van der Waals surface area contributed by atoms with Gasteiger partial charge < -0.3 is 4.84 Å². The predicted octanol–water partition coefficient (Wildman–Crippen LogP) is 4.42. The molecule has 0 aliphatic heterocycles. The molecule has 4 heteroatoms. The van der Waals surface area contributed by atoms with Gasteiger partial charge in [0.2, 0.25) is 0 Å². The van der Waals surface area contributed by atoms with Crippen molar-refractivity contribution in [2.45, 2.75) is 6.61 Å². The molecule has 91 valence electrons. The van der Waals surface area contributed by atoms with Crippen molar-refractivity contribution in [1.82, 2.24) is 0 Å². The Labute approximate surface area is 116 Å². The maximum absolute atomic E-state index is 5.98. The van der Waals surface area contributed by atoms with Crippen LogP contribution in [0.1, 0.15) is 11.1 Å². The summed E-state index contributed by atoms with van der Waals surface area (Å²) in [7, 11) is 0. The molecule has 2 aromatic rings. The van der Waals surface area contributed by atoms with Gasteiger partial charge in [0.1, 0.15) is 12.8 Å². The highest BCUT2D eigenvalue weighted by atomic mass is 35.5. The Balaban J connectivity index is 1.93. The minimum absolute atomic E-state index is 0.303. The fraction of sp³-hybridized carbons (Fsp3) is 0.0714. The highest BCUT2D eigenvalue weighted by molar-refractivity contribution is 6.33. The van der Waals surface area contributed by atoms with Gasteiger partial charge in [-0.2, -0.15) is 0 Å². The second-order valence-corrected chi connectivity index (χ2v) is 4.36. The molecular formula is C14H10Cl2NO. The normalized spacial score (nSPS) is 10.8. The van der Waals surface area contributed by atoms with Crippen molar-refractivity contribution in [2.75, 3.05) is 0 Å². The smallest absolute Gasteiger partial charge is 0.143 e. The van der Waals surface area contributed by atoms with E-state index in [1.54, 1.807) is 6.07 Å². The van der Waals surface area contributed by atoms with Crippen molar-refractivity contribution in [2.24, 2.45) is 5.16 Å². The minimum atomic E-state index is 0.303. The van der Waals surface area contributed by atoms with Gasteiger partial charge in [0, 0.05) is 16.1 Å². The number of benzene rings is 2. The lowest BCUT2D eigenvalue weighted by atomic mass is 10.2. The van der Waals surface area contributed by atoms with Gasteiger partial charge in [0.15, 0.2) is 0 Å². The molecule has 2 aromatic carbocycles. The third-order valence-corrected chi connectivity index (χ3v) is 2.98. The molecule has 18 heavy (non-hydrogen) atoms. The van der Waals surface area contributed by atoms with Crippen LogP contribution in [0.2, 0.25) is 10.0 Å². The van der Waals surface area contributed by atoms with E-state index >= 15 is 0 Å². The number of hydrogen-bond donors (Lipinski definition) is 0. The molecule has 0 unspecified atom stereocenters. The fourth-order valence-electron chi connectivity index (χ4n) is 1.35. The molecule has 0 spiro atoms. The van der Waals surface area contributed by atoms with Crippen molar-refractivity contribution < 1.29 is 4.84 Å². The van der Waals surface area contributed by atoms with Crippen LogP contribution < -0.4 is 0 Å². The molecular weight excluding hydrogens is 269 g/mol. The summed E-state index contributed by atoms with van der Waals surface area (Å²) in [6.07, 6.45) is 2.73. The maximum Gasteiger partial charge on any atom is 0.143 e. The average molecular weight is 279 g/mol. The first-order valence-electron chi connectivity index (χ1n) is 5.33. The zero-order valence-corrected chi connectivity index (χ0v) is 10.9. The van der Waals surface area contributed by atoms with Crippen molar-refractivity contribution in [3.05, 3.63) is 69.7 Å². The van der Waals surface area contributed by atoms with Crippen LogP contribution in [0.4, 0.5) is 0 Å². The summed E-state index contributed by atoms with van der Waals surface area (Å²) in [5, 5.41) is 4.99. The topological polar surface area (TPSA) is 21.6 Å². The monoisotopic (exact) mass is 278 g/mol. The number of hydrogen-bond acceptors (Lipinski definition) is 2. The molecule has 0 amide bonds. The number of nitrogens with zero attached hydrogens (tertiary/aromatic N) is 1. The van der Waals surface area contributed by atoms with Crippen LogP contribution in [-0.4, -0.2) is 6.21 Å². The van der Waals surface area contributed by atoms with E-state index in [2.05, 4.69) is 11.4 Å². The Hall–Kier alpha value is -1.51. The summed E-state index contributed by atoms with van der Waals surface area (Å²) in [6, 6.07) is 14.7. The van der Waals surface area contributed by atoms with Crippen molar-refractivity contribution in [3.63, 3.8) is 0 Å². The Morgan fingerprint density at radius 2 is 1.61 bits per heavy atom. The van der Waals surface area contributed by atoms with E-state index in [9.17, 15) is 0 Å². The quantitative estimate of drug-likeness (QED) is 0.599. The van der Waals surface area contributed by atoms with Gasteiger partial charge in [0.25, 0.3) is 0 Å². The first-order valence-corrected chi connectivity index (χ1v) is 6.09. The summed E-state index contributed by atoms with van der Waals surface area (Å²) in [4.78, 5) is 5.13. The largest absolute Gasteiger partial charge is 0.390 e. The van der Waals surface area contributed by atoms with Crippen LogP contribution in [0, 0.1) is 0 Å². The molecule has 0 saturated heterocycles. The van der Waals surface area contributed by atoms with E-state index in [0.29, 0.717) is 22.2 Å². The molecule has 0 heterocycles. The Bertz CT molecular complexity index is 555. The Morgan fingerprint density at radius 3 is 2.33 bits per heavy atom. The second kappa shape index (κ2) is 6.43. The van der Waals surface area contributed by atoms with Gasteiger partial charge in [-0.1, -0.05) is 64.8 Å². The summed E-state index contributed by atoms with van der Waals surface area (Å²) in [5.41, 5.74) is 1.57. The van der Waals surface area contributed by atoms with Crippen LogP contribution in [0.25, 0.3) is 0 Å². The average Bonchev–Trinajstić information content (AvgIpc) is 2.38. The zero-order valence-electron chi connectivity index (χ0n) is 9.44. The van der Waals surface area contributed by atoms with Crippen LogP contribution in [0.3, 0.4) is 0 Å². The molecule has 0 aliphatic rings. The fourth-order valence-corrected chi connectivity index (χ4v) is 1.72. The van der Waals surface area contributed by atoms with Crippen molar-refractivity contribution in [1.29, 1.82) is 0 Å². The molecule has 2 rings (SSSR count). The van der Waals surface area contributed by atoms with Crippen molar-refractivity contribution in [3.8, 4) is 0 Å². The van der Waals surface area contributed by atoms with Crippen LogP contribution in [0.5, 0.6) is 0 Å². The van der Waals surface area contributed by atoms with Gasteiger partial charge in [-0.3, -0.25) is 0 Å². The summed E-state index contributed by atoms with van der Waals surface area (Å²) in [6.45, 7) is 0.303. The van der Waals surface area contributed by atoms with Gasteiger partial charge in [0.05, 0.1) is 5.02 Å². The Morgan fingerprint density at radius 1 is 0.944 bits per heavy atom. The van der Waals surface area contributed by atoms with Gasteiger partial charge >= 0.3 is 0 Å². The standard InChI is InChI=1S/C14H10Cl2NO/c15-13-7-3-1-5-11(13)9-17-18-10-12-6-2-4-8-14(12)16/h1-8H,10H2. The number of rotatable bonds is 4. The van der Waals surface area contributed by atoms with Gasteiger partial charge in [-0.05, 0) is 12.1 Å². The predicted molar refractivity (Wildman–Crippen MR) is 74.2 cm³/mol. The summed E-state index contributed by atoms with van der Waals surface area (Å²) >= 11 is 11.9. The minimum Gasteiger partial charge on any atom is -0.390 e. The lowest BCUT2D eigenvalue weighted by molar-refractivity contribution is 0.132. The molecule has 0 saturated carbocycles. The molecule has 0 aliphatic carbocycles. The maximum atomic E-state index is 5.98. The third-order valence-electron chi connectivity index (χ3n) is 2.28. The van der Waals surface area contributed by atoms with E-state index in [1.807, 2.05) is 42.5 Å². The lowest BCUT2D eigenvalue weighted by Gasteiger charge is -2.01. The highest BCUT2D eigenvalue weighted by Crippen LogP contribution is 2.16. The van der Waals surface area contributed by atoms with Crippen LogP contribution in [-0.2, 0) is 11.4 Å². The second-order valence-electron chi connectivity index (χ2n) is 3.55. The molecule has 2 nitrogen and oxygen atoms in total. The molecule has 0 N–H and O–H groups in total. The molecule has 1 radical (unpaired) electrons. The van der Waals surface area contributed by atoms with Gasteiger partial charge in [-0.25, -0.2) is 0 Å². The molecule has 0 fully saturated rings. The van der Waals surface area contributed by atoms with Crippen LogP contribution >= 0.6 is 23.2 Å². The van der Waals surface area contributed by atoms with E-state index < -0.39 is 0 Å².